The third kappa shape index (κ3) is 3.96. The van der Waals surface area contributed by atoms with Crippen LogP contribution in [0.25, 0.3) is 0 Å². The fourth-order valence-corrected chi connectivity index (χ4v) is 3.61. The van der Waals surface area contributed by atoms with Crippen molar-refractivity contribution >= 4 is 44.0 Å². The maximum Gasteiger partial charge on any atom is 0.211 e. The second-order valence-corrected chi connectivity index (χ2v) is 8.04. The van der Waals surface area contributed by atoms with Gasteiger partial charge in [0.2, 0.25) is 10.0 Å². The lowest BCUT2D eigenvalue weighted by Gasteiger charge is -2.31. The van der Waals surface area contributed by atoms with Gasteiger partial charge in [-0.2, -0.15) is 0 Å². The number of nitrogens with two attached hydrogens (primary N) is 1. The Bertz CT molecular complexity index is 554. The highest BCUT2D eigenvalue weighted by Gasteiger charge is 2.24. The molecule has 1 saturated heterocycles. The van der Waals surface area contributed by atoms with Gasteiger partial charge in [-0.15, -0.1) is 0 Å². The molecule has 0 spiro atoms. The van der Waals surface area contributed by atoms with E-state index in [0.29, 0.717) is 13.1 Å². The molecule has 1 heterocycles. The maximum atomic E-state index is 11.4. The van der Waals surface area contributed by atoms with Crippen LogP contribution in [-0.4, -0.2) is 38.1 Å². The molecule has 1 aromatic rings. The number of sulfonamides is 1. The second kappa shape index (κ2) is 5.84. The Hall–Kier alpha value is -0.540. The van der Waals surface area contributed by atoms with Crippen LogP contribution in [0.4, 0.5) is 11.4 Å². The summed E-state index contributed by atoms with van der Waals surface area (Å²) in [7, 11) is -3.06. The number of nitrogen functional groups attached to an aromatic ring is 1. The molecule has 0 aromatic heterocycles. The Morgan fingerprint density at radius 1 is 1.37 bits per heavy atom. The zero-order valence-electron chi connectivity index (χ0n) is 10.8. The van der Waals surface area contributed by atoms with Gasteiger partial charge >= 0.3 is 0 Å². The lowest BCUT2D eigenvalue weighted by Crippen LogP contribution is -2.41. The van der Waals surface area contributed by atoms with Gasteiger partial charge in [-0.05, 0) is 53.6 Å². The minimum atomic E-state index is -3.06. The molecular formula is C12H18IN3O2S. The van der Waals surface area contributed by atoms with E-state index in [1.807, 2.05) is 18.2 Å². The molecule has 1 aliphatic heterocycles. The molecule has 0 atom stereocenters. The van der Waals surface area contributed by atoms with Crippen molar-refractivity contribution in [1.29, 1.82) is 0 Å². The van der Waals surface area contributed by atoms with Crippen LogP contribution in [0.3, 0.4) is 0 Å². The molecule has 106 valence electrons. The van der Waals surface area contributed by atoms with Gasteiger partial charge in [0, 0.05) is 22.7 Å². The standard InChI is InChI=1S/C12H18IN3O2S/c1-19(17,18)16-6-4-10(5-7-16)15-12-3-2-9(13)8-11(12)14/h2-3,8,10,15H,4-7,14H2,1H3. The number of nitrogens with zero attached hydrogens (tertiary/aromatic N) is 1. The summed E-state index contributed by atoms with van der Waals surface area (Å²) in [5, 5.41) is 3.40. The SMILES string of the molecule is CS(=O)(=O)N1CCC(Nc2ccc(I)cc2N)CC1. The number of rotatable bonds is 3. The molecule has 0 unspecified atom stereocenters. The predicted molar refractivity (Wildman–Crippen MR) is 86.6 cm³/mol. The number of piperidine rings is 1. The van der Waals surface area contributed by atoms with Crippen LogP contribution in [-0.2, 0) is 10.0 Å². The van der Waals surface area contributed by atoms with Crippen LogP contribution in [0, 0.1) is 3.57 Å². The van der Waals surface area contributed by atoms with Crippen molar-refractivity contribution in [2.24, 2.45) is 0 Å². The third-order valence-electron chi connectivity index (χ3n) is 3.30. The molecule has 1 fully saturated rings. The Balaban J connectivity index is 1.96. The molecule has 0 saturated carbocycles. The topological polar surface area (TPSA) is 75.4 Å². The monoisotopic (exact) mass is 395 g/mol. The molecule has 1 aromatic carbocycles. The van der Waals surface area contributed by atoms with Gasteiger partial charge in [-0.3, -0.25) is 0 Å². The second-order valence-electron chi connectivity index (χ2n) is 4.81. The first-order chi connectivity index (χ1) is 8.86. The minimum absolute atomic E-state index is 0.278. The number of halogens is 1. The van der Waals surface area contributed by atoms with Crippen molar-refractivity contribution in [3.05, 3.63) is 21.8 Å². The summed E-state index contributed by atoms with van der Waals surface area (Å²) in [5.74, 6) is 0. The predicted octanol–water partition coefficient (Wildman–Crippen LogP) is 1.71. The first kappa shape index (κ1) is 14.9. The highest BCUT2D eigenvalue weighted by Crippen LogP contribution is 2.24. The summed E-state index contributed by atoms with van der Waals surface area (Å²) in [6, 6.07) is 6.18. The first-order valence-corrected chi connectivity index (χ1v) is 9.05. The highest BCUT2D eigenvalue weighted by atomic mass is 127. The van der Waals surface area contributed by atoms with E-state index < -0.39 is 10.0 Å². The van der Waals surface area contributed by atoms with Crippen molar-refractivity contribution in [3.63, 3.8) is 0 Å². The van der Waals surface area contributed by atoms with Gasteiger partial charge in [0.05, 0.1) is 17.6 Å². The molecule has 3 N–H and O–H groups in total. The molecule has 0 amide bonds. The fourth-order valence-electron chi connectivity index (χ4n) is 2.22. The number of benzene rings is 1. The zero-order chi connectivity index (χ0) is 14.0. The lowest BCUT2D eigenvalue weighted by molar-refractivity contribution is 0.332. The van der Waals surface area contributed by atoms with Crippen LogP contribution in [0.15, 0.2) is 18.2 Å². The van der Waals surface area contributed by atoms with Crippen molar-refractivity contribution in [2.45, 2.75) is 18.9 Å². The van der Waals surface area contributed by atoms with Gasteiger partial charge in [0.15, 0.2) is 0 Å². The summed E-state index contributed by atoms with van der Waals surface area (Å²) in [4.78, 5) is 0. The Morgan fingerprint density at radius 3 is 2.53 bits per heavy atom. The maximum absolute atomic E-state index is 11.4. The van der Waals surface area contributed by atoms with Crippen molar-refractivity contribution in [1.82, 2.24) is 4.31 Å². The summed E-state index contributed by atoms with van der Waals surface area (Å²) in [6.07, 6.45) is 2.87. The van der Waals surface area contributed by atoms with Crippen LogP contribution in [0.5, 0.6) is 0 Å². The van der Waals surface area contributed by atoms with Gasteiger partial charge in [0.1, 0.15) is 0 Å². The van der Waals surface area contributed by atoms with Gasteiger partial charge in [0.25, 0.3) is 0 Å². The number of hydrogen-bond acceptors (Lipinski definition) is 4. The van der Waals surface area contributed by atoms with E-state index in [4.69, 9.17) is 5.73 Å². The van der Waals surface area contributed by atoms with Gasteiger partial charge < -0.3 is 11.1 Å². The molecule has 7 heteroatoms. The first-order valence-electron chi connectivity index (χ1n) is 6.13. The summed E-state index contributed by atoms with van der Waals surface area (Å²) >= 11 is 2.22. The summed E-state index contributed by atoms with van der Waals surface area (Å²) in [5.41, 5.74) is 7.62. The zero-order valence-corrected chi connectivity index (χ0v) is 13.7. The van der Waals surface area contributed by atoms with E-state index in [1.54, 1.807) is 0 Å². The van der Waals surface area contributed by atoms with Crippen molar-refractivity contribution < 1.29 is 8.42 Å². The van der Waals surface area contributed by atoms with Crippen LogP contribution in [0.1, 0.15) is 12.8 Å². The molecule has 19 heavy (non-hydrogen) atoms. The van der Waals surface area contributed by atoms with E-state index in [0.717, 1.165) is 27.8 Å². The Labute approximate surface area is 127 Å². The Morgan fingerprint density at radius 2 is 2.00 bits per heavy atom. The van der Waals surface area contributed by atoms with E-state index in [2.05, 4.69) is 27.9 Å². The lowest BCUT2D eigenvalue weighted by atomic mass is 10.1. The van der Waals surface area contributed by atoms with Crippen molar-refractivity contribution in [2.75, 3.05) is 30.4 Å². The molecule has 5 nitrogen and oxygen atoms in total. The number of hydrogen-bond donors (Lipinski definition) is 2. The quantitative estimate of drug-likeness (QED) is 0.604. The molecule has 2 rings (SSSR count). The average Bonchev–Trinajstić information content (AvgIpc) is 2.32. The number of anilines is 2. The van der Waals surface area contributed by atoms with E-state index in [1.165, 1.54) is 10.6 Å². The van der Waals surface area contributed by atoms with Crippen molar-refractivity contribution in [3.8, 4) is 0 Å². The largest absolute Gasteiger partial charge is 0.397 e. The average molecular weight is 395 g/mol. The minimum Gasteiger partial charge on any atom is -0.397 e. The van der Waals surface area contributed by atoms with E-state index >= 15 is 0 Å². The van der Waals surface area contributed by atoms with Gasteiger partial charge in [-0.25, -0.2) is 12.7 Å². The van der Waals surface area contributed by atoms with Crippen LogP contribution in [0.2, 0.25) is 0 Å². The molecular weight excluding hydrogens is 377 g/mol. The third-order valence-corrected chi connectivity index (χ3v) is 5.27. The number of nitrogens with one attached hydrogen (secondary N) is 1. The van der Waals surface area contributed by atoms with Crippen LogP contribution >= 0.6 is 22.6 Å². The van der Waals surface area contributed by atoms with Gasteiger partial charge in [-0.1, -0.05) is 0 Å². The fraction of sp³-hybridized carbons (Fsp3) is 0.500. The molecule has 0 aliphatic carbocycles. The van der Waals surface area contributed by atoms with E-state index in [9.17, 15) is 8.42 Å². The molecule has 0 radical (unpaired) electrons. The molecule has 1 aliphatic rings. The normalized spacial score (nSPS) is 18.4. The van der Waals surface area contributed by atoms with E-state index in [-0.39, 0.29) is 6.04 Å². The smallest absolute Gasteiger partial charge is 0.211 e. The molecule has 0 bridgehead atoms. The summed E-state index contributed by atoms with van der Waals surface area (Å²) < 4.78 is 25.5. The Kier molecular flexibility index (Phi) is 4.57. The summed E-state index contributed by atoms with van der Waals surface area (Å²) in [6.45, 7) is 1.14. The van der Waals surface area contributed by atoms with Crippen LogP contribution < -0.4 is 11.1 Å². The highest BCUT2D eigenvalue weighted by molar-refractivity contribution is 14.1.